The van der Waals surface area contributed by atoms with Gasteiger partial charge in [-0.05, 0) is 38.1 Å². The molecule has 3 heteroatoms. The highest BCUT2D eigenvalue weighted by molar-refractivity contribution is 5.63. The van der Waals surface area contributed by atoms with Crippen molar-refractivity contribution in [1.82, 2.24) is 14.9 Å². The summed E-state index contributed by atoms with van der Waals surface area (Å²) in [6.45, 7) is 6.10. The van der Waals surface area contributed by atoms with Gasteiger partial charge in [-0.15, -0.1) is 0 Å². The first-order valence-corrected chi connectivity index (χ1v) is 6.01. The molecule has 0 amide bonds. The lowest BCUT2D eigenvalue weighted by Crippen LogP contribution is -2.05. The van der Waals surface area contributed by atoms with Crippen LogP contribution in [0.1, 0.15) is 18.1 Å². The molecule has 1 aromatic heterocycles. The Kier molecular flexibility index (Phi) is 3.59. The first-order valence-electron chi connectivity index (χ1n) is 6.01. The van der Waals surface area contributed by atoms with Gasteiger partial charge in [0.25, 0.3) is 0 Å². The van der Waals surface area contributed by atoms with Crippen molar-refractivity contribution >= 4 is 0 Å². The van der Waals surface area contributed by atoms with E-state index in [2.05, 4.69) is 53.1 Å². The molecule has 1 heterocycles. The Morgan fingerprint density at radius 1 is 1.35 bits per heavy atom. The zero-order chi connectivity index (χ0) is 12.3. The van der Waals surface area contributed by atoms with E-state index in [4.69, 9.17) is 0 Å². The Morgan fingerprint density at radius 3 is 2.82 bits per heavy atom. The number of aromatic nitrogens is 2. The molecule has 0 aliphatic carbocycles. The molecule has 0 unspecified atom stereocenters. The van der Waals surface area contributed by atoms with Crippen LogP contribution in [0.3, 0.4) is 0 Å². The van der Waals surface area contributed by atoms with Gasteiger partial charge in [-0.2, -0.15) is 0 Å². The number of hydrogen-bond donors (Lipinski definition) is 1. The van der Waals surface area contributed by atoms with Gasteiger partial charge >= 0.3 is 0 Å². The molecule has 3 nitrogen and oxygen atoms in total. The van der Waals surface area contributed by atoms with E-state index in [1.54, 1.807) is 0 Å². The van der Waals surface area contributed by atoms with Crippen LogP contribution in [-0.4, -0.2) is 16.6 Å². The standard InChI is InChI=1S/C14H19N3/c1-4-17-9-14(16-10-17)13-7-12(8-15-3)6-5-11(13)2/h5-7,9-10,15H,4,8H2,1-3H3. The molecule has 2 aromatic rings. The maximum Gasteiger partial charge on any atom is 0.0953 e. The summed E-state index contributed by atoms with van der Waals surface area (Å²) in [5, 5.41) is 3.17. The first kappa shape index (κ1) is 11.9. The molecule has 0 saturated heterocycles. The molecule has 0 atom stereocenters. The van der Waals surface area contributed by atoms with Crippen LogP contribution in [0, 0.1) is 6.92 Å². The van der Waals surface area contributed by atoms with Crippen LogP contribution in [0.5, 0.6) is 0 Å². The minimum atomic E-state index is 0.891. The summed E-state index contributed by atoms with van der Waals surface area (Å²) in [4.78, 5) is 4.46. The van der Waals surface area contributed by atoms with Crippen LogP contribution in [0.4, 0.5) is 0 Å². The summed E-state index contributed by atoms with van der Waals surface area (Å²) in [7, 11) is 1.96. The lowest BCUT2D eigenvalue weighted by atomic mass is 10.0. The zero-order valence-corrected chi connectivity index (χ0v) is 10.7. The SMILES string of the molecule is CCn1cnc(-c2cc(CNC)ccc2C)c1. The minimum Gasteiger partial charge on any atom is -0.337 e. The molecule has 17 heavy (non-hydrogen) atoms. The predicted octanol–water partition coefficient (Wildman–Crippen LogP) is 2.60. The second-order valence-electron chi connectivity index (χ2n) is 4.27. The van der Waals surface area contributed by atoms with Gasteiger partial charge in [-0.1, -0.05) is 12.1 Å². The lowest BCUT2D eigenvalue weighted by molar-refractivity contribution is 0.762. The Labute approximate surface area is 103 Å². The van der Waals surface area contributed by atoms with Crippen molar-refractivity contribution in [3.05, 3.63) is 41.9 Å². The van der Waals surface area contributed by atoms with Gasteiger partial charge in [0.1, 0.15) is 0 Å². The third-order valence-electron chi connectivity index (χ3n) is 2.96. The van der Waals surface area contributed by atoms with Gasteiger partial charge in [-0.25, -0.2) is 4.98 Å². The molecule has 1 aromatic carbocycles. The number of hydrogen-bond acceptors (Lipinski definition) is 2. The highest BCUT2D eigenvalue weighted by Gasteiger charge is 2.06. The number of nitrogens with zero attached hydrogens (tertiary/aromatic N) is 2. The van der Waals surface area contributed by atoms with E-state index in [9.17, 15) is 0 Å². The van der Waals surface area contributed by atoms with Crippen molar-refractivity contribution in [1.29, 1.82) is 0 Å². The average molecular weight is 229 g/mol. The molecule has 0 bridgehead atoms. The van der Waals surface area contributed by atoms with Crippen molar-refractivity contribution in [2.75, 3.05) is 7.05 Å². The summed E-state index contributed by atoms with van der Waals surface area (Å²) >= 11 is 0. The molecule has 0 spiro atoms. The maximum atomic E-state index is 4.46. The van der Waals surface area contributed by atoms with Crippen molar-refractivity contribution in [2.45, 2.75) is 26.9 Å². The fourth-order valence-electron chi connectivity index (χ4n) is 1.93. The van der Waals surface area contributed by atoms with Gasteiger partial charge in [0.15, 0.2) is 0 Å². The number of rotatable bonds is 4. The lowest BCUT2D eigenvalue weighted by Gasteiger charge is -2.06. The van der Waals surface area contributed by atoms with Crippen LogP contribution >= 0.6 is 0 Å². The molecule has 0 aliphatic heterocycles. The molecule has 90 valence electrons. The molecular weight excluding hydrogens is 210 g/mol. The Bertz CT molecular complexity index is 500. The van der Waals surface area contributed by atoms with Crippen molar-refractivity contribution in [3.63, 3.8) is 0 Å². The number of imidazole rings is 1. The van der Waals surface area contributed by atoms with Crippen molar-refractivity contribution in [2.24, 2.45) is 0 Å². The van der Waals surface area contributed by atoms with Gasteiger partial charge in [0.05, 0.1) is 12.0 Å². The molecule has 0 radical (unpaired) electrons. The Hall–Kier alpha value is -1.61. The largest absolute Gasteiger partial charge is 0.337 e. The van der Waals surface area contributed by atoms with Crippen LogP contribution in [0.25, 0.3) is 11.3 Å². The van der Waals surface area contributed by atoms with E-state index in [0.717, 1.165) is 18.8 Å². The normalized spacial score (nSPS) is 10.8. The van der Waals surface area contributed by atoms with Gasteiger partial charge in [0.2, 0.25) is 0 Å². The number of nitrogens with one attached hydrogen (secondary N) is 1. The van der Waals surface area contributed by atoms with Crippen LogP contribution in [0.2, 0.25) is 0 Å². The number of aryl methyl sites for hydroxylation is 2. The molecule has 0 fully saturated rings. The molecular formula is C14H19N3. The monoisotopic (exact) mass is 229 g/mol. The Balaban J connectivity index is 2.39. The topological polar surface area (TPSA) is 29.9 Å². The van der Waals surface area contributed by atoms with Crippen LogP contribution < -0.4 is 5.32 Å². The fraction of sp³-hybridized carbons (Fsp3) is 0.357. The van der Waals surface area contributed by atoms with Crippen molar-refractivity contribution in [3.8, 4) is 11.3 Å². The van der Waals surface area contributed by atoms with E-state index in [-0.39, 0.29) is 0 Å². The molecule has 0 aliphatic rings. The second-order valence-corrected chi connectivity index (χ2v) is 4.27. The Morgan fingerprint density at radius 2 is 2.18 bits per heavy atom. The van der Waals surface area contributed by atoms with E-state index in [0.29, 0.717) is 0 Å². The summed E-state index contributed by atoms with van der Waals surface area (Å²) < 4.78 is 2.10. The summed E-state index contributed by atoms with van der Waals surface area (Å²) in [6.07, 6.45) is 3.99. The minimum absolute atomic E-state index is 0.891. The number of benzene rings is 1. The van der Waals surface area contributed by atoms with Crippen LogP contribution in [0.15, 0.2) is 30.7 Å². The first-order chi connectivity index (χ1) is 8.24. The molecule has 2 rings (SSSR count). The van der Waals surface area contributed by atoms with E-state index >= 15 is 0 Å². The summed E-state index contributed by atoms with van der Waals surface area (Å²) in [5.74, 6) is 0. The van der Waals surface area contributed by atoms with Gasteiger partial charge in [0, 0.05) is 24.8 Å². The van der Waals surface area contributed by atoms with Crippen molar-refractivity contribution < 1.29 is 0 Å². The third-order valence-corrected chi connectivity index (χ3v) is 2.96. The highest BCUT2D eigenvalue weighted by Crippen LogP contribution is 2.23. The zero-order valence-electron chi connectivity index (χ0n) is 10.7. The van der Waals surface area contributed by atoms with Gasteiger partial charge in [-0.3, -0.25) is 0 Å². The summed E-state index contributed by atoms with van der Waals surface area (Å²) in [6, 6.07) is 6.54. The fourth-order valence-corrected chi connectivity index (χ4v) is 1.93. The summed E-state index contributed by atoms with van der Waals surface area (Å²) in [5.41, 5.74) is 4.85. The third kappa shape index (κ3) is 2.56. The van der Waals surface area contributed by atoms with Gasteiger partial charge < -0.3 is 9.88 Å². The highest BCUT2D eigenvalue weighted by atomic mass is 15.0. The van der Waals surface area contributed by atoms with E-state index < -0.39 is 0 Å². The van der Waals surface area contributed by atoms with E-state index in [1.165, 1.54) is 16.7 Å². The van der Waals surface area contributed by atoms with Crippen LogP contribution in [-0.2, 0) is 13.1 Å². The average Bonchev–Trinajstić information content (AvgIpc) is 2.80. The quantitative estimate of drug-likeness (QED) is 0.873. The maximum absolute atomic E-state index is 4.46. The second kappa shape index (κ2) is 5.15. The predicted molar refractivity (Wildman–Crippen MR) is 70.8 cm³/mol. The molecule has 0 saturated carbocycles. The molecule has 1 N–H and O–H groups in total. The van der Waals surface area contributed by atoms with E-state index in [1.807, 2.05) is 13.4 Å². The smallest absolute Gasteiger partial charge is 0.0953 e.